The molecule has 0 heterocycles. The highest BCUT2D eigenvalue weighted by Gasteiger charge is 1.88. The summed E-state index contributed by atoms with van der Waals surface area (Å²) in [6.45, 7) is 4.08. The Labute approximate surface area is 80.5 Å². The number of benzene rings is 1. The molecule has 1 aromatic rings. The second kappa shape index (κ2) is 6.44. The van der Waals surface area contributed by atoms with E-state index in [9.17, 15) is 0 Å². The van der Waals surface area contributed by atoms with E-state index >= 15 is 0 Å². The van der Waals surface area contributed by atoms with Crippen LogP contribution in [0.2, 0.25) is 0 Å². The largest absolute Gasteiger partial charge is 0.312 e. The zero-order valence-corrected chi connectivity index (χ0v) is 8.16. The molecule has 1 rings (SSSR count). The molecule has 0 fully saturated rings. The molecule has 0 amide bonds. The summed E-state index contributed by atoms with van der Waals surface area (Å²) in [4.78, 5) is 0. The Kier molecular flexibility index (Phi) is 4.95. The van der Waals surface area contributed by atoms with Gasteiger partial charge in [-0.15, -0.1) is 0 Å². The van der Waals surface area contributed by atoms with Gasteiger partial charge in [0.1, 0.15) is 0 Å². The zero-order valence-electron chi connectivity index (χ0n) is 8.16. The van der Waals surface area contributed by atoms with Crippen molar-refractivity contribution in [1.29, 1.82) is 0 Å². The van der Waals surface area contributed by atoms with Crippen LogP contribution in [0.25, 0.3) is 0 Å². The number of rotatable bonds is 5. The highest BCUT2D eigenvalue weighted by molar-refractivity contribution is 5.14. The summed E-state index contributed by atoms with van der Waals surface area (Å²) in [7, 11) is 0. The molecule has 13 heavy (non-hydrogen) atoms. The number of allylic oxidation sites excluding steroid dienone is 1. The van der Waals surface area contributed by atoms with Crippen molar-refractivity contribution in [1.82, 2.24) is 5.32 Å². The predicted molar refractivity (Wildman–Crippen MR) is 57.6 cm³/mol. The molecule has 70 valence electrons. The monoisotopic (exact) mass is 175 g/mol. The molecule has 0 spiro atoms. The van der Waals surface area contributed by atoms with Gasteiger partial charge >= 0.3 is 0 Å². The molecule has 1 N–H and O–H groups in total. The van der Waals surface area contributed by atoms with Crippen molar-refractivity contribution in [2.75, 3.05) is 6.54 Å². The second-order valence-corrected chi connectivity index (χ2v) is 3.02. The number of nitrogens with one attached hydrogen (secondary N) is 1. The maximum Gasteiger partial charge on any atom is 0.0205 e. The summed E-state index contributed by atoms with van der Waals surface area (Å²) in [5, 5.41) is 3.39. The van der Waals surface area contributed by atoms with Gasteiger partial charge in [-0.05, 0) is 25.5 Å². The van der Waals surface area contributed by atoms with Gasteiger partial charge in [0.15, 0.2) is 0 Å². The molecule has 0 aliphatic carbocycles. The molecule has 0 saturated heterocycles. The molecule has 0 unspecified atom stereocenters. The van der Waals surface area contributed by atoms with Crippen LogP contribution in [-0.2, 0) is 6.54 Å². The summed E-state index contributed by atoms with van der Waals surface area (Å²) < 4.78 is 0. The first-order valence-corrected chi connectivity index (χ1v) is 4.79. The minimum absolute atomic E-state index is 0.971. The van der Waals surface area contributed by atoms with Gasteiger partial charge in [0.25, 0.3) is 0 Å². The van der Waals surface area contributed by atoms with E-state index in [4.69, 9.17) is 0 Å². The van der Waals surface area contributed by atoms with E-state index in [-0.39, 0.29) is 0 Å². The number of hydrogen-bond acceptors (Lipinski definition) is 1. The van der Waals surface area contributed by atoms with Crippen LogP contribution in [-0.4, -0.2) is 6.54 Å². The topological polar surface area (TPSA) is 12.0 Å². The maximum absolute atomic E-state index is 3.39. The lowest BCUT2D eigenvalue weighted by molar-refractivity contribution is 0.695. The van der Waals surface area contributed by atoms with Crippen LogP contribution in [0, 0.1) is 0 Å². The van der Waals surface area contributed by atoms with Crippen LogP contribution in [0.3, 0.4) is 0 Å². The predicted octanol–water partition coefficient (Wildman–Crippen LogP) is 2.74. The highest BCUT2D eigenvalue weighted by Crippen LogP contribution is 1.96. The molecule has 0 aromatic heterocycles. The Morgan fingerprint density at radius 1 is 1.23 bits per heavy atom. The normalized spacial score (nSPS) is 10.8. The van der Waals surface area contributed by atoms with Gasteiger partial charge in [0.05, 0.1) is 0 Å². The molecule has 0 radical (unpaired) electrons. The van der Waals surface area contributed by atoms with Gasteiger partial charge in [0, 0.05) is 6.54 Å². The smallest absolute Gasteiger partial charge is 0.0205 e. The third-order valence-corrected chi connectivity index (χ3v) is 1.90. The standard InChI is InChI=1S/C12H17N/c1-2-3-7-10-13-11-12-8-5-4-6-9-12/h2-6,8-9,13H,7,10-11H2,1H3/b3-2+. The molecule has 1 aromatic carbocycles. The Morgan fingerprint density at radius 2 is 2.00 bits per heavy atom. The Morgan fingerprint density at radius 3 is 2.69 bits per heavy atom. The van der Waals surface area contributed by atoms with Crippen LogP contribution in [0.1, 0.15) is 18.9 Å². The Balaban J connectivity index is 2.13. The lowest BCUT2D eigenvalue weighted by Gasteiger charge is -2.01. The first kappa shape index (κ1) is 10.0. The fraction of sp³-hybridized carbons (Fsp3) is 0.333. The molecule has 1 heteroatoms. The fourth-order valence-electron chi connectivity index (χ4n) is 1.18. The van der Waals surface area contributed by atoms with Crippen LogP contribution in [0.4, 0.5) is 0 Å². The Bertz CT molecular complexity index is 239. The minimum atomic E-state index is 0.971. The van der Waals surface area contributed by atoms with E-state index in [0.29, 0.717) is 0 Å². The Hall–Kier alpha value is -1.08. The van der Waals surface area contributed by atoms with Crippen LogP contribution in [0.15, 0.2) is 42.5 Å². The molecule has 0 atom stereocenters. The molecule has 1 nitrogen and oxygen atoms in total. The van der Waals surface area contributed by atoms with E-state index in [2.05, 4.69) is 48.7 Å². The van der Waals surface area contributed by atoms with Gasteiger partial charge in [0.2, 0.25) is 0 Å². The van der Waals surface area contributed by atoms with Gasteiger partial charge < -0.3 is 5.32 Å². The van der Waals surface area contributed by atoms with Crippen molar-refractivity contribution in [3.8, 4) is 0 Å². The van der Waals surface area contributed by atoms with Gasteiger partial charge in [-0.1, -0.05) is 42.5 Å². The molecular weight excluding hydrogens is 158 g/mol. The first-order valence-electron chi connectivity index (χ1n) is 4.79. The van der Waals surface area contributed by atoms with Crippen molar-refractivity contribution < 1.29 is 0 Å². The lowest BCUT2D eigenvalue weighted by atomic mass is 10.2. The molecule has 0 aliphatic heterocycles. The SMILES string of the molecule is C/C=C/CCNCc1ccccc1. The van der Waals surface area contributed by atoms with Crippen molar-refractivity contribution >= 4 is 0 Å². The van der Waals surface area contributed by atoms with Gasteiger partial charge in [-0.25, -0.2) is 0 Å². The average molecular weight is 175 g/mol. The average Bonchev–Trinajstić information content (AvgIpc) is 2.19. The van der Waals surface area contributed by atoms with Crippen molar-refractivity contribution in [2.24, 2.45) is 0 Å². The molecule has 0 aliphatic rings. The van der Waals surface area contributed by atoms with Crippen molar-refractivity contribution in [3.05, 3.63) is 48.0 Å². The molecular formula is C12H17N. The van der Waals surface area contributed by atoms with Crippen molar-refractivity contribution in [2.45, 2.75) is 19.9 Å². The summed E-state index contributed by atoms with van der Waals surface area (Å²) in [5.74, 6) is 0. The van der Waals surface area contributed by atoms with Crippen LogP contribution in [0.5, 0.6) is 0 Å². The summed E-state index contributed by atoms with van der Waals surface area (Å²) in [6, 6.07) is 10.5. The van der Waals surface area contributed by atoms with E-state index in [1.165, 1.54) is 5.56 Å². The molecule has 0 saturated carbocycles. The van der Waals surface area contributed by atoms with Gasteiger partial charge in [-0.2, -0.15) is 0 Å². The zero-order chi connectivity index (χ0) is 9.36. The maximum atomic E-state index is 3.39. The van der Waals surface area contributed by atoms with E-state index < -0.39 is 0 Å². The van der Waals surface area contributed by atoms with E-state index in [1.807, 2.05) is 6.07 Å². The van der Waals surface area contributed by atoms with Crippen LogP contribution >= 0.6 is 0 Å². The third-order valence-electron chi connectivity index (χ3n) is 1.90. The number of hydrogen-bond donors (Lipinski definition) is 1. The van der Waals surface area contributed by atoms with E-state index in [0.717, 1.165) is 19.5 Å². The lowest BCUT2D eigenvalue weighted by Crippen LogP contribution is -2.13. The second-order valence-electron chi connectivity index (χ2n) is 3.02. The van der Waals surface area contributed by atoms with Crippen molar-refractivity contribution in [3.63, 3.8) is 0 Å². The van der Waals surface area contributed by atoms with Crippen LogP contribution < -0.4 is 5.32 Å². The minimum Gasteiger partial charge on any atom is -0.312 e. The first-order chi connectivity index (χ1) is 6.43. The van der Waals surface area contributed by atoms with E-state index in [1.54, 1.807) is 0 Å². The highest BCUT2D eigenvalue weighted by atomic mass is 14.8. The third kappa shape index (κ3) is 4.48. The summed E-state index contributed by atoms with van der Waals surface area (Å²) in [6.07, 6.45) is 5.38. The summed E-state index contributed by atoms with van der Waals surface area (Å²) in [5.41, 5.74) is 1.35. The summed E-state index contributed by atoms with van der Waals surface area (Å²) >= 11 is 0. The fourth-order valence-corrected chi connectivity index (χ4v) is 1.18. The quantitative estimate of drug-likeness (QED) is 0.536. The molecule has 0 bridgehead atoms. The van der Waals surface area contributed by atoms with Gasteiger partial charge in [-0.3, -0.25) is 0 Å².